The molecule has 0 radical (unpaired) electrons. The molecule has 1 aliphatic carbocycles. The van der Waals surface area contributed by atoms with Crippen LogP contribution in [0.25, 0.3) is 0 Å². The average molecular weight is 673 g/mol. The smallest absolute Gasteiger partial charge is 0.418 e. The molecule has 1 unspecified atom stereocenters. The number of fused-ring (bicyclic) bond motifs is 1. The highest BCUT2D eigenvalue weighted by Crippen LogP contribution is 2.50. The van der Waals surface area contributed by atoms with Gasteiger partial charge in [0, 0.05) is 70.9 Å². The molecule has 5 rings (SSSR count). The van der Waals surface area contributed by atoms with E-state index in [0.717, 1.165) is 38.2 Å². The van der Waals surface area contributed by atoms with Gasteiger partial charge in [-0.15, -0.1) is 0 Å². The SMILES string of the molecule is COC1CC2(C1)CN(c1ccc([N+](=O)[O-])c(OCCCCN3c4c(c(C(F)(F)F)cn4COCC[Si](C)(C)C)C=NC3Cl)n1)C2. The number of alkyl halides is 4. The Morgan fingerprint density at radius 2 is 1.91 bits per heavy atom. The molecule has 16 heteroatoms. The van der Waals surface area contributed by atoms with Gasteiger partial charge in [0.1, 0.15) is 18.4 Å². The summed E-state index contributed by atoms with van der Waals surface area (Å²) in [4.78, 5) is 23.4. The maximum atomic E-state index is 13.9. The number of anilines is 2. The van der Waals surface area contributed by atoms with E-state index in [2.05, 4.69) is 34.5 Å². The van der Waals surface area contributed by atoms with Crippen molar-refractivity contribution in [3.8, 4) is 5.88 Å². The molecule has 2 aromatic heterocycles. The molecule has 1 atom stereocenters. The summed E-state index contributed by atoms with van der Waals surface area (Å²) in [5.74, 6) is 0.868. The third-order valence-electron chi connectivity index (χ3n) is 8.56. The molecular formula is C29H40ClF3N6O5Si. The van der Waals surface area contributed by atoms with Crippen molar-refractivity contribution in [3.05, 3.63) is 39.6 Å². The zero-order valence-electron chi connectivity index (χ0n) is 26.0. The molecule has 2 aliphatic heterocycles. The van der Waals surface area contributed by atoms with Gasteiger partial charge in [-0.3, -0.25) is 15.1 Å². The van der Waals surface area contributed by atoms with E-state index in [0.29, 0.717) is 31.1 Å². The summed E-state index contributed by atoms with van der Waals surface area (Å²) in [5, 5.41) is 11.6. The second kappa shape index (κ2) is 13.1. The van der Waals surface area contributed by atoms with Gasteiger partial charge < -0.3 is 28.6 Å². The Hall–Kier alpha value is -2.88. The number of nitrogens with zero attached hydrogens (tertiary/aromatic N) is 6. The number of aliphatic imine (C=N–C) groups is 1. The van der Waals surface area contributed by atoms with Crippen molar-refractivity contribution in [1.29, 1.82) is 0 Å². The number of nitro groups is 1. The van der Waals surface area contributed by atoms with Crippen molar-refractivity contribution in [1.82, 2.24) is 9.55 Å². The Labute approximate surface area is 266 Å². The lowest BCUT2D eigenvalue weighted by Crippen LogP contribution is -2.64. The van der Waals surface area contributed by atoms with Gasteiger partial charge in [-0.2, -0.15) is 18.2 Å². The molecule has 2 fully saturated rings. The van der Waals surface area contributed by atoms with Crippen molar-refractivity contribution < 1.29 is 32.3 Å². The number of methoxy groups -OCH3 is 1. The largest absolute Gasteiger partial charge is 0.473 e. The predicted octanol–water partition coefficient (Wildman–Crippen LogP) is 6.36. The minimum atomic E-state index is -4.57. The van der Waals surface area contributed by atoms with Gasteiger partial charge in [-0.25, -0.2) is 0 Å². The van der Waals surface area contributed by atoms with Gasteiger partial charge in [-0.1, -0.05) is 31.2 Å². The van der Waals surface area contributed by atoms with Crippen LogP contribution in [0.15, 0.2) is 23.3 Å². The van der Waals surface area contributed by atoms with Gasteiger partial charge in [0.2, 0.25) is 0 Å². The molecule has 1 saturated heterocycles. The van der Waals surface area contributed by atoms with Crippen LogP contribution in [0.1, 0.15) is 36.8 Å². The molecule has 3 aliphatic rings. The van der Waals surface area contributed by atoms with Gasteiger partial charge in [0.05, 0.1) is 23.2 Å². The first-order chi connectivity index (χ1) is 21.2. The number of hydrogen-bond donors (Lipinski definition) is 0. The molecule has 4 heterocycles. The first-order valence-corrected chi connectivity index (χ1v) is 19.2. The topological polar surface area (TPSA) is 107 Å². The maximum absolute atomic E-state index is 13.9. The average Bonchev–Trinajstić information content (AvgIpc) is 3.29. The van der Waals surface area contributed by atoms with Gasteiger partial charge in [0.25, 0.3) is 5.88 Å². The second-order valence-corrected chi connectivity index (χ2v) is 19.3. The van der Waals surface area contributed by atoms with E-state index in [4.69, 9.17) is 25.8 Å². The number of hydrogen-bond acceptors (Lipinski definition) is 9. The Morgan fingerprint density at radius 1 is 1.18 bits per heavy atom. The minimum Gasteiger partial charge on any atom is -0.473 e. The quantitative estimate of drug-likeness (QED) is 0.0570. The summed E-state index contributed by atoms with van der Waals surface area (Å²) in [5.41, 5.74) is -1.74. The summed E-state index contributed by atoms with van der Waals surface area (Å²) >= 11 is 6.48. The van der Waals surface area contributed by atoms with Crippen LogP contribution in [0.3, 0.4) is 0 Å². The first kappa shape index (κ1) is 33.5. The molecule has 2 aromatic rings. The molecule has 1 saturated carbocycles. The standard InChI is InChI=1S/C29H40ClF3N6O5Si/c1-42-20-13-28(14-20)17-37(18-28)24-8-7-23(39(40)41)25(35-24)44-10-6-5-9-38-26-21(15-34-27(38)30)22(29(31,32)33)16-36(26)19-43-11-12-45(2,3)4/h7-8,15-16,20,27H,5-6,9-14,17-19H2,1-4H3. The second-order valence-electron chi connectivity index (χ2n) is 13.3. The Bertz CT molecular complexity index is 1400. The summed E-state index contributed by atoms with van der Waals surface area (Å²) in [6, 6.07) is 3.93. The number of unbranched alkanes of at least 4 members (excludes halogenated alkanes) is 1. The number of ether oxygens (including phenoxy) is 3. The van der Waals surface area contributed by atoms with Crippen molar-refractivity contribution in [2.45, 2.75) is 76.0 Å². The molecular weight excluding hydrogens is 633 g/mol. The molecule has 0 aromatic carbocycles. The van der Waals surface area contributed by atoms with Crippen LogP contribution in [0, 0.1) is 15.5 Å². The van der Waals surface area contributed by atoms with Crippen molar-refractivity contribution in [2.24, 2.45) is 10.4 Å². The highest BCUT2D eigenvalue weighted by Gasteiger charge is 2.53. The van der Waals surface area contributed by atoms with E-state index in [1.807, 2.05) is 0 Å². The van der Waals surface area contributed by atoms with Crippen molar-refractivity contribution in [2.75, 3.05) is 49.8 Å². The number of halogens is 4. The molecule has 1 spiro atoms. The molecule has 248 valence electrons. The van der Waals surface area contributed by atoms with E-state index in [1.165, 1.54) is 16.8 Å². The van der Waals surface area contributed by atoms with Gasteiger partial charge in [-0.05, 0) is 37.8 Å². The summed E-state index contributed by atoms with van der Waals surface area (Å²) in [6.07, 6.45) is 0.861. The van der Waals surface area contributed by atoms with E-state index < -0.39 is 30.4 Å². The van der Waals surface area contributed by atoms with E-state index in [9.17, 15) is 23.3 Å². The Balaban J connectivity index is 1.20. The van der Waals surface area contributed by atoms with Crippen LogP contribution in [0.2, 0.25) is 25.7 Å². The lowest BCUT2D eigenvalue weighted by atomic mass is 9.62. The number of aromatic nitrogens is 2. The monoisotopic (exact) mass is 672 g/mol. The Morgan fingerprint density at radius 3 is 2.56 bits per heavy atom. The van der Waals surface area contributed by atoms with Gasteiger partial charge >= 0.3 is 11.9 Å². The number of rotatable bonds is 14. The third-order valence-corrected chi connectivity index (χ3v) is 10.6. The fourth-order valence-electron chi connectivity index (χ4n) is 6.06. The highest BCUT2D eigenvalue weighted by atomic mass is 35.5. The van der Waals surface area contributed by atoms with Crippen molar-refractivity contribution in [3.63, 3.8) is 0 Å². The predicted molar refractivity (Wildman–Crippen MR) is 168 cm³/mol. The van der Waals surface area contributed by atoms with Crippen LogP contribution in [0.5, 0.6) is 5.88 Å². The zero-order valence-corrected chi connectivity index (χ0v) is 27.7. The summed E-state index contributed by atoms with van der Waals surface area (Å²) in [6.45, 7) is 9.06. The van der Waals surface area contributed by atoms with E-state index >= 15 is 0 Å². The van der Waals surface area contributed by atoms with Gasteiger partial charge in [0.15, 0.2) is 5.62 Å². The Kier molecular flexibility index (Phi) is 9.73. The molecule has 11 nitrogen and oxygen atoms in total. The zero-order chi connectivity index (χ0) is 32.6. The van der Waals surface area contributed by atoms with Crippen LogP contribution in [-0.2, 0) is 22.4 Å². The molecule has 45 heavy (non-hydrogen) atoms. The number of pyridine rings is 1. The van der Waals surface area contributed by atoms with Crippen molar-refractivity contribution >= 4 is 43.2 Å². The third kappa shape index (κ3) is 7.58. The van der Waals surface area contributed by atoms with Crippen LogP contribution in [0.4, 0.5) is 30.5 Å². The van der Waals surface area contributed by atoms with Crippen LogP contribution >= 0.6 is 11.6 Å². The fraction of sp³-hybridized carbons (Fsp3) is 0.655. The van der Waals surface area contributed by atoms with Crippen LogP contribution < -0.4 is 14.5 Å². The van der Waals surface area contributed by atoms with Crippen LogP contribution in [-0.4, -0.2) is 80.4 Å². The molecule has 0 amide bonds. The summed E-state index contributed by atoms with van der Waals surface area (Å²) in [7, 11) is 0.340. The molecule has 0 N–H and O–H groups in total. The van der Waals surface area contributed by atoms with E-state index in [-0.39, 0.29) is 48.5 Å². The minimum absolute atomic E-state index is 0.0449. The lowest BCUT2D eigenvalue weighted by molar-refractivity contribution is -0.386. The normalized spacial score (nSPS) is 19.4. The first-order valence-electron chi connectivity index (χ1n) is 15.1. The lowest BCUT2D eigenvalue weighted by Gasteiger charge is -2.58. The van der Waals surface area contributed by atoms with E-state index in [1.54, 1.807) is 18.1 Å². The summed E-state index contributed by atoms with van der Waals surface area (Å²) < 4.78 is 60.2. The maximum Gasteiger partial charge on any atom is 0.418 e. The molecule has 0 bridgehead atoms. The highest BCUT2D eigenvalue weighted by molar-refractivity contribution is 6.76. The fourth-order valence-corrected chi connectivity index (χ4v) is 7.06.